The molecule has 154 valence electrons. The first-order valence-corrected chi connectivity index (χ1v) is 9.13. The number of rotatable bonds is 9. The van der Waals surface area contributed by atoms with Gasteiger partial charge in [-0.3, -0.25) is 9.59 Å². The Kier molecular flexibility index (Phi) is 8.65. The summed E-state index contributed by atoms with van der Waals surface area (Å²) >= 11 is 0. The van der Waals surface area contributed by atoms with Crippen LogP contribution < -0.4 is 15.4 Å². The zero-order chi connectivity index (χ0) is 21.1. The molecule has 0 saturated heterocycles. The van der Waals surface area contributed by atoms with Gasteiger partial charge in [-0.25, -0.2) is 4.79 Å². The van der Waals surface area contributed by atoms with Crippen LogP contribution in [0.1, 0.15) is 29.3 Å². The van der Waals surface area contributed by atoms with E-state index in [2.05, 4.69) is 10.6 Å². The molecule has 2 aromatic carbocycles. The van der Waals surface area contributed by atoms with E-state index >= 15 is 0 Å². The fraction of sp³-hybridized carbons (Fsp3) is 0.286. The minimum absolute atomic E-state index is 0.134. The van der Waals surface area contributed by atoms with Crippen LogP contribution in [-0.2, 0) is 20.8 Å². The SMILES string of the molecule is CCOC(=O)Oc1ccc(C(=O)Nc2ccccc2CNC(=O)CCOC)cc1. The maximum atomic E-state index is 12.5. The molecule has 0 spiro atoms. The predicted molar refractivity (Wildman–Crippen MR) is 107 cm³/mol. The second-order valence-corrected chi connectivity index (χ2v) is 5.94. The van der Waals surface area contributed by atoms with Crippen LogP contribution >= 0.6 is 0 Å². The van der Waals surface area contributed by atoms with Crippen molar-refractivity contribution in [2.45, 2.75) is 19.9 Å². The lowest BCUT2D eigenvalue weighted by Crippen LogP contribution is -2.24. The van der Waals surface area contributed by atoms with E-state index in [4.69, 9.17) is 14.2 Å². The van der Waals surface area contributed by atoms with E-state index in [-0.39, 0.29) is 37.1 Å². The van der Waals surface area contributed by atoms with Gasteiger partial charge < -0.3 is 24.8 Å². The Morgan fingerprint density at radius 1 is 1.00 bits per heavy atom. The molecule has 2 aromatic rings. The number of carbonyl (C=O) groups is 3. The molecule has 8 nitrogen and oxygen atoms in total. The Hall–Kier alpha value is -3.39. The molecular weight excluding hydrogens is 376 g/mol. The van der Waals surface area contributed by atoms with Gasteiger partial charge >= 0.3 is 6.16 Å². The van der Waals surface area contributed by atoms with Crippen LogP contribution in [0.2, 0.25) is 0 Å². The van der Waals surface area contributed by atoms with Crippen LogP contribution in [-0.4, -0.2) is 38.3 Å². The zero-order valence-corrected chi connectivity index (χ0v) is 16.4. The van der Waals surface area contributed by atoms with Crippen LogP contribution in [0.4, 0.5) is 10.5 Å². The van der Waals surface area contributed by atoms with E-state index in [1.807, 2.05) is 12.1 Å². The lowest BCUT2D eigenvalue weighted by Gasteiger charge is -2.12. The van der Waals surface area contributed by atoms with Gasteiger partial charge in [0.25, 0.3) is 5.91 Å². The topological polar surface area (TPSA) is 103 Å². The normalized spacial score (nSPS) is 10.1. The lowest BCUT2D eigenvalue weighted by atomic mass is 10.1. The van der Waals surface area contributed by atoms with Crippen molar-refractivity contribution < 1.29 is 28.6 Å². The number of nitrogens with one attached hydrogen (secondary N) is 2. The Balaban J connectivity index is 1.98. The second-order valence-electron chi connectivity index (χ2n) is 5.94. The number of methoxy groups -OCH3 is 1. The Labute approximate surface area is 169 Å². The van der Waals surface area contributed by atoms with Crippen molar-refractivity contribution in [1.29, 1.82) is 0 Å². The fourth-order valence-corrected chi connectivity index (χ4v) is 2.39. The van der Waals surface area contributed by atoms with Crippen LogP contribution in [0.5, 0.6) is 5.75 Å². The van der Waals surface area contributed by atoms with Gasteiger partial charge in [0.1, 0.15) is 5.75 Å². The van der Waals surface area contributed by atoms with Crippen LogP contribution in [0, 0.1) is 0 Å². The largest absolute Gasteiger partial charge is 0.513 e. The van der Waals surface area contributed by atoms with Gasteiger partial charge in [-0.05, 0) is 42.8 Å². The van der Waals surface area contributed by atoms with Crippen molar-refractivity contribution in [1.82, 2.24) is 5.32 Å². The van der Waals surface area contributed by atoms with E-state index in [0.29, 0.717) is 17.9 Å². The number of benzene rings is 2. The van der Waals surface area contributed by atoms with Gasteiger partial charge in [-0.1, -0.05) is 18.2 Å². The zero-order valence-electron chi connectivity index (χ0n) is 16.4. The van der Waals surface area contributed by atoms with E-state index in [0.717, 1.165) is 5.56 Å². The van der Waals surface area contributed by atoms with Gasteiger partial charge in [0.2, 0.25) is 5.91 Å². The van der Waals surface area contributed by atoms with Gasteiger partial charge in [-0.15, -0.1) is 0 Å². The summed E-state index contributed by atoms with van der Waals surface area (Å²) in [5.41, 5.74) is 1.76. The molecule has 29 heavy (non-hydrogen) atoms. The summed E-state index contributed by atoms with van der Waals surface area (Å²) in [6.45, 7) is 2.52. The van der Waals surface area contributed by atoms with E-state index in [1.165, 1.54) is 19.2 Å². The summed E-state index contributed by atoms with van der Waals surface area (Å²) in [4.78, 5) is 35.6. The molecule has 2 N–H and O–H groups in total. The van der Waals surface area contributed by atoms with Crippen molar-refractivity contribution in [2.75, 3.05) is 25.6 Å². The molecule has 0 radical (unpaired) electrons. The monoisotopic (exact) mass is 400 g/mol. The maximum absolute atomic E-state index is 12.5. The highest BCUT2D eigenvalue weighted by molar-refractivity contribution is 6.04. The third-order valence-electron chi connectivity index (χ3n) is 3.85. The smallest absolute Gasteiger partial charge is 0.434 e. The molecule has 0 fully saturated rings. The molecule has 0 atom stereocenters. The molecule has 0 aliphatic carbocycles. The molecule has 0 heterocycles. The van der Waals surface area contributed by atoms with Crippen LogP contribution in [0.25, 0.3) is 0 Å². The Morgan fingerprint density at radius 2 is 1.72 bits per heavy atom. The van der Waals surface area contributed by atoms with Gasteiger partial charge in [-0.2, -0.15) is 0 Å². The first-order chi connectivity index (χ1) is 14.0. The first-order valence-electron chi connectivity index (χ1n) is 9.13. The van der Waals surface area contributed by atoms with Crippen molar-refractivity contribution in [3.63, 3.8) is 0 Å². The maximum Gasteiger partial charge on any atom is 0.513 e. The number of para-hydroxylation sites is 1. The highest BCUT2D eigenvalue weighted by atomic mass is 16.7. The van der Waals surface area contributed by atoms with Crippen molar-refractivity contribution in [3.8, 4) is 5.75 Å². The molecule has 0 bridgehead atoms. The molecule has 0 aliphatic heterocycles. The quantitative estimate of drug-likeness (QED) is 0.495. The summed E-state index contributed by atoms with van der Waals surface area (Å²) in [5, 5.41) is 5.62. The molecule has 2 rings (SSSR count). The number of carbonyl (C=O) groups excluding carboxylic acids is 3. The first kappa shape index (κ1) is 21.9. The fourth-order valence-electron chi connectivity index (χ4n) is 2.39. The number of anilines is 1. The van der Waals surface area contributed by atoms with E-state index in [9.17, 15) is 14.4 Å². The van der Waals surface area contributed by atoms with E-state index in [1.54, 1.807) is 31.2 Å². The Morgan fingerprint density at radius 3 is 2.41 bits per heavy atom. The van der Waals surface area contributed by atoms with Gasteiger partial charge in [0, 0.05) is 31.3 Å². The summed E-state index contributed by atoms with van der Waals surface area (Å²) in [5.74, 6) is -0.185. The van der Waals surface area contributed by atoms with Crippen molar-refractivity contribution in [2.24, 2.45) is 0 Å². The van der Waals surface area contributed by atoms with Gasteiger partial charge in [0.05, 0.1) is 13.2 Å². The second kappa shape index (κ2) is 11.5. The standard InChI is InChI=1S/C21H24N2O6/c1-3-28-21(26)29-17-10-8-15(9-11-17)20(25)23-18-7-5-4-6-16(18)14-22-19(24)12-13-27-2/h4-11H,3,12-14H2,1-2H3,(H,22,24)(H,23,25). The molecular formula is C21H24N2O6. The molecule has 8 heteroatoms. The van der Waals surface area contributed by atoms with Gasteiger partial charge in [0.15, 0.2) is 0 Å². The van der Waals surface area contributed by atoms with E-state index < -0.39 is 6.16 Å². The summed E-state index contributed by atoms with van der Waals surface area (Å²) in [7, 11) is 1.54. The summed E-state index contributed by atoms with van der Waals surface area (Å²) in [6.07, 6.45) is -0.531. The number of hydrogen-bond donors (Lipinski definition) is 2. The number of amides is 2. The third-order valence-corrected chi connectivity index (χ3v) is 3.85. The molecule has 0 saturated carbocycles. The molecule has 0 aromatic heterocycles. The third kappa shape index (κ3) is 7.27. The lowest BCUT2D eigenvalue weighted by molar-refractivity contribution is -0.122. The van der Waals surface area contributed by atoms with Crippen LogP contribution in [0.3, 0.4) is 0 Å². The average molecular weight is 400 g/mol. The van der Waals surface area contributed by atoms with Crippen molar-refractivity contribution in [3.05, 3.63) is 59.7 Å². The van der Waals surface area contributed by atoms with Crippen LogP contribution in [0.15, 0.2) is 48.5 Å². The number of ether oxygens (including phenoxy) is 3. The summed E-state index contributed by atoms with van der Waals surface area (Å²) in [6, 6.07) is 13.3. The molecule has 0 aliphatic rings. The summed E-state index contributed by atoms with van der Waals surface area (Å²) < 4.78 is 14.5. The number of hydrogen-bond acceptors (Lipinski definition) is 6. The minimum Gasteiger partial charge on any atom is -0.434 e. The highest BCUT2D eigenvalue weighted by Gasteiger charge is 2.11. The van der Waals surface area contributed by atoms with Crippen molar-refractivity contribution >= 4 is 23.7 Å². The molecule has 2 amide bonds. The average Bonchev–Trinajstić information content (AvgIpc) is 2.72. The molecule has 0 unspecified atom stereocenters. The highest BCUT2D eigenvalue weighted by Crippen LogP contribution is 2.18. The minimum atomic E-state index is -0.800. The Bertz CT molecular complexity index is 835. The predicted octanol–water partition coefficient (Wildman–Crippen LogP) is 3.13.